The smallest absolute Gasteiger partial charge is 0.307 e. The van der Waals surface area contributed by atoms with E-state index in [0.29, 0.717) is 24.5 Å². The Balaban J connectivity index is 1.44. The molecule has 3 aromatic carbocycles. The zero-order chi connectivity index (χ0) is 26.3. The molecule has 0 spiro atoms. The molecule has 0 radical (unpaired) electrons. The number of ether oxygens (including phenoxy) is 1. The lowest BCUT2D eigenvalue weighted by molar-refractivity contribution is -0.136. The Morgan fingerprint density at radius 2 is 1.79 bits per heavy atom. The van der Waals surface area contributed by atoms with Crippen molar-refractivity contribution < 1.29 is 19.1 Å². The van der Waals surface area contributed by atoms with E-state index in [9.17, 15) is 9.90 Å². The number of para-hydroxylation sites is 1. The molecule has 2 heterocycles. The summed E-state index contributed by atoms with van der Waals surface area (Å²) in [5, 5.41) is 10.3. The lowest BCUT2D eigenvalue weighted by Crippen LogP contribution is -2.04. The van der Waals surface area contributed by atoms with Crippen LogP contribution in [-0.2, 0) is 37.2 Å². The molecule has 0 unspecified atom stereocenters. The number of hydrogen-bond donors (Lipinski definition) is 2. The minimum atomic E-state index is -0.890. The van der Waals surface area contributed by atoms with Crippen LogP contribution in [0.5, 0.6) is 5.75 Å². The van der Waals surface area contributed by atoms with Gasteiger partial charge in [-0.1, -0.05) is 42.5 Å². The molecule has 0 amide bonds. The fourth-order valence-electron chi connectivity index (χ4n) is 4.68. The number of fused-ring (bicyclic) bond motifs is 1. The second-order valence-corrected chi connectivity index (χ2v) is 9.36. The van der Waals surface area contributed by atoms with E-state index in [1.807, 2.05) is 36.5 Å². The van der Waals surface area contributed by atoms with E-state index in [4.69, 9.17) is 14.9 Å². The molecule has 0 fully saturated rings. The number of carboxylic acid groups (broad SMARTS) is 1. The van der Waals surface area contributed by atoms with E-state index in [-0.39, 0.29) is 6.42 Å². The largest absolute Gasteiger partial charge is 0.489 e. The number of benzene rings is 3. The van der Waals surface area contributed by atoms with Gasteiger partial charge in [0, 0.05) is 41.9 Å². The molecule has 5 aromatic rings. The van der Waals surface area contributed by atoms with Crippen LogP contribution < -0.4 is 10.5 Å². The number of hydrogen-bond acceptors (Lipinski definition) is 5. The van der Waals surface area contributed by atoms with Crippen molar-refractivity contribution in [2.75, 3.05) is 0 Å². The first-order chi connectivity index (χ1) is 18.6. The first-order valence-corrected chi connectivity index (χ1v) is 12.7. The highest BCUT2D eigenvalue weighted by molar-refractivity contribution is 5.93. The summed E-state index contributed by atoms with van der Waals surface area (Å²) >= 11 is 0. The average Bonchev–Trinajstić information content (AvgIpc) is 3.35. The molecule has 0 atom stereocenters. The summed E-state index contributed by atoms with van der Waals surface area (Å²) in [6, 6.07) is 25.8. The summed E-state index contributed by atoms with van der Waals surface area (Å²) in [7, 11) is 0. The highest BCUT2D eigenvalue weighted by Crippen LogP contribution is 2.34. The number of furan rings is 1. The Labute approximate surface area is 221 Å². The van der Waals surface area contributed by atoms with Crippen LogP contribution in [0.15, 0.2) is 95.7 Å². The highest BCUT2D eigenvalue weighted by Gasteiger charge is 2.14. The molecule has 3 N–H and O–H groups in total. The molecule has 6 nitrogen and oxygen atoms in total. The zero-order valence-corrected chi connectivity index (χ0v) is 21.1. The first kappa shape index (κ1) is 25.2. The summed E-state index contributed by atoms with van der Waals surface area (Å²) in [5.41, 5.74) is 12.6. The summed E-state index contributed by atoms with van der Waals surface area (Å²) in [6.07, 6.45) is 6.32. The molecule has 0 aliphatic rings. The normalized spacial score (nSPS) is 11.1. The summed E-state index contributed by atoms with van der Waals surface area (Å²) in [5.74, 6) is 0.619. The van der Waals surface area contributed by atoms with Crippen LogP contribution in [-0.4, -0.2) is 16.1 Å². The van der Waals surface area contributed by atoms with Crippen molar-refractivity contribution in [3.63, 3.8) is 0 Å². The number of pyridine rings is 1. The molecular formula is C32H30N2O4. The van der Waals surface area contributed by atoms with Gasteiger partial charge in [-0.25, -0.2) is 0 Å². The number of aryl methyl sites for hydroxylation is 2. The summed E-state index contributed by atoms with van der Waals surface area (Å²) < 4.78 is 12.5. The van der Waals surface area contributed by atoms with Gasteiger partial charge in [0.1, 0.15) is 23.7 Å². The molecule has 2 aromatic heterocycles. The van der Waals surface area contributed by atoms with Crippen LogP contribution in [0.4, 0.5) is 0 Å². The third-order valence-electron chi connectivity index (χ3n) is 6.52. The average molecular weight is 507 g/mol. The maximum atomic E-state index is 11.3. The molecular weight excluding hydrogens is 476 g/mol. The van der Waals surface area contributed by atoms with Crippen LogP contribution in [0.3, 0.4) is 0 Å². The third-order valence-corrected chi connectivity index (χ3v) is 6.52. The molecule has 6 heteroatoms. The molecule has 0 saturated heterocycles. The molecule has 0 aliphatic carbocycles. The number of nitrogens with two attached hydrogens (primary N) is 1. The van der Waals surface area contributed by atoms with Gasteiger partial charge in [0.25, 0.3) is 0 Å². The third kappa shape index (κ3) is 6.10. The first-order valence-electron chi connectivity index (χ1n) is 12.7. The lowest BCUT2D eigenvalue weighted by Gasteiger charge is -2.12. The second-order valence-electron chi connectivity index (χ2n) is 9.36. The Hall–Kier alpha value is -4.42. The number of aliphatic carboxylic acids is 1. The molecule has 192 valence electrons. The maximum absolute atomic E-state index is 11.3. The number of rotatable bonds is 11. The van der Waals surface area contributed by atoms with Crippen molar-refractivity contribution >= 4 is 16.9 Å². The van der Waals surface area contributed by atoms with Gasteiger partial charge in [-0.2, -0.15) is 0 Å². The van der Waals surface area contributed by atoms with Crippen molar-refractivity contribution in [1.29, 1.82) is 0 Å². The summed E-state index contributed by atoms with van der Waals surface area (Å²) in [4.78, 5) is 15.5. The summed E-state index contributed by atoms with van der Waals surface area (Å²) in [6.45, 7) is 0.759. The monoisotopic (exact) mass is 506 g/mol. The van der Waals surface area contributed by atoms with Crippen molar-refractivity contribution in [3.8, 4) is 16.9 Å². The zero-order valence-electron chi connectivity index (χ0n) is 21.1. The van der Waals surface area contributed by atoms with Gasteiger partial charge in [0.15, 0.2) is 0 Å². The Bertz CT molecular complexity index is 1540. The fourth-order valence-corrected chi connectivity index (χ4v) is 4.68. The SMILES string of the molecule is NCc1cccc(-c2cc(COc3ccccc3CC(=O)O)cc3cc(CCCc4cccnc4)oc23)c1. The standard InChI is InChI=1S/C32H30N2O4/c33-19-23-7-3-10-25(14-23)29-16-24(21-37-30-12-2-1-9-26(30)18-31(35)36)15-27-17-28(38-32(27)29)11-4-6-22-8-5-13-34-20-22/h1-3,5,7-10,12-17,20H,4,6,11,18-19,21,33H2,(H,35,36). The van der Waals surface area contributed by atoms with Gasteiger partial charge in [-0.15, -0.1) is 0 Å². The van der Waals surface area contributed by atoms with Gasteiger partial charge in [-0.05, 0) is 71.5 Å². The topological polar surface area (TPSA) is 98.6 Å². The Morgan fingerprint density at radius 3 is 2.61 bits per heavy atom. The van der Waals surface area contributed by atoms with Crippen LogP contribution >= 0.6 is 0 Å². The quantitative estimate of drug-likeness (QED) is 0.217. The van der Waals surface area contributed by atoms with Gasteiger partial charge >= 0.3 is 5.97 Å². The maximum Gasteiger partial charge on any atom is 0.307 e. The van der Waals surface area contributed by atoms with Gasteiger partial charge in [0.05, 0.1) is 6.42 Å². The van der Waals surface area contributed by atoms with Gasteiger partial charge in [-0.3, -0.25) is 9.78 Å². The predicted octanol–water partition coefficient (Wildman–Crippen LogP) is 6.33. The lowest BCUT2D eigenvalue weighted by atomic mass is 9.99. The number of carboxylic acids is 1. The predicted molar refractivity (Wildman–Crippen MR) is 148 cm³/mol. The highest BCUT2D eigenvalue weighted by atomic mass is 16.5. The molecule has 0 aliphatic heterocycles. The Morgan fingerprint density at radius 1 is 0.921 bits per heavy atom. The van der Waals surface area contributed by atoms with Crippen molar-refractivity contribution in [1.82, 2.24) is 4.98 Å². The van der Waals surface area contributed by atoms with E-state index < -0.39 is 5.97 Å². The molecule has 5 rings (SSSR count). The number of carbonyl (C=O) groups is 1. The second kappa shape index (κ2) is 11.8. The van der Waals surface area contributed by atoms with Crippen molar-refractivity contribution in [3.05, 3.63) is 119 Å². The van der Waals surface area contributed by atoms with E-state index in [1.165, 1.54) is 5.56 Å². The Kier molecular flexibility index (Phi) is 7.81. The molecule has 38 heavy (non-hydrogen) atoms. The van der Waals surface area contributed by atoms with Gasteiger partial charge in [0.2, 0.25) is 0 Å². The van der Waals surface area contributed by atoms with E-state index in [0.717, 1.165) is 58.2 Å². The fraction of sp³-hybridized carbons (Fsp3) is 0.188. The van der Waals surface area contributed by atoms with E-state index in [2.05, 4.69) is 41.4 Å². The van der Waals surface area contributed by atoms with Gasteiger partial charge < -0.3 is 20.0 Å². The van der Waals surface area contributed by atoms with Crippen LogP contribution in [0.1, 0.15) is 34.4 Å². The van der Waals surface area contributed by atoms with Crippen molar-refractivity contribution in [2.45, 2.75) is 38.8 Å². The van der Waals surface area contributed by atoms with Crippen molar-refractivity contribution in [2.24, 2.45) is 5.73 Å². The van der Waals surface area contributed by atoms with E-state index >= 15 is 0 Å². The van der Waals surface area contributed by atoms with Crippen LogP contribution in [0.2, 0.25) is 0 Å². The number of nitrogens with zero attached hydrogens (tertiary/aromatic N) is 1. The minimum absolute atomic E-state index is 0.0868. The molecule has 0 bridgehead atoms. The molecule has 0 saturated carbocycles. The van der Waals surface area contributed by atoms with Crippen LogP contribution in [0, 0.1) is 0 Å². The van der Waals surface area contributed by atoms with E-state index in [1.54, 1.807) is 18.3 Å². The number of aromatic nitrogens is 1. The van der Waals surface area contributed by atoms with Crippen LogP contribution in [0.25, 0.3) is 22.1 Å². The minimum Gasteiger partial charge on any atom is -0.489 e.